The molecule has 2 N–H and O–H groups in total. The lowest BCUT2D eigenvalue weighted by molar-refractivity contribution is 0.0345. The molecule has 1 saturated heterocycles. The van der Waals surface area contributed by atoms with Crippen molar-refractivity contribution in [2.75, 3.05) is 44.7 Å². The number of hydrogen-bond donors (Lipinski definition) is 2. The molecule has 0 unspecified atom stereocenters. The summed E-state index contributed by atoms with van der Waals surface area (Å²) in [5, 5.41) is 13.9. The van der Waals surface area contributed by atoms with Crippen molar-refractivity contribution in [3.05, 3.63) is 28.8 Å². The first-order valence-corrected chi connectivity index (χ1v) is 7.89. The number of halogens is 1. The van der Waals surface area contributed by atoms with Crippen molar-refractivity contribution in [2.45, 2.75) is 26.0 Å². The number of aliphatic hydroxyl groups is 1. The largest absolute Gasteiger partial charge is 0.389 e. The van der Waals surface area contributed by atoms with Crippen LogP contribution in [-0.2, 0) is 6.54 Å². The van der Waals surface area contributed by atoms with Crippen molar-refractivity contribution in [3.8, 4) is 0 Å². The van der Waals surface area contributed by atoms with Gasteiger partial charge in [0.25, 0.3) is 0 Å². The Hall–Kier alpha value is -0.810. The summed E-state index contributed by atoms with van der Waals surface area (Å²) in [6.07, 6.45) is 0. The molecule has 1 aliphatic rings. The maximum Gasteiger partial charge on any atom is 0.0718 e. The van der Waals surface area contributed by atoms with Crippen LogP contribution in [0.15, 0.2) is 18.2 Å². The lowest BCUT2D eigenvalue weighted by atomic mass is 10.1. The molecule has 0 aromatic heterocycles. The number of β-amino-alcohol motifs (C(OH)–C–C–N with tert-alkyl or cyclic N) is 1. The Bertz CT molecular complexity index is 465. The first-order chi connectivity index (χ1) is 9.89. The third kappa shape index (κ3) is 4.85. The van der Waals surface area contributed by atoms with Gasteiger partial charge >= 0.3 is 0 Å². The molecule has 4 nitrogen and oxygen atoms in total. The highest BCUT2D eigenvalue weighted by molar-refractivity contribution is 6.30. The molecule has 1 aromatic rings. The van der Waals surface area contributed by atoms with Crippen molar-refractivity contribution in [2.24, 2.45) is 0 Å². The summed E-state index contributed by atoms with van der Waals surface area (Å²) in [5.41, 5.74) is 1.87. The van der Waals surface area contributed by atoms with Crippen LogP contribution in [0, 0.1) is 0 Å². The molecule has 118 valence electrons. The molecule has 0 amide bonds. The molecule has 5 heteroatoms. The van der Waals surface area contributed by atoms with E-state index in [0.717, 1.165) is 44.3 Å². The minimum atomic E-state index is -0.629. The number of rotatable bonds is 5. The van der Waals surface area contributed by atoms with Gasteiger partial charge in [0.15, 0.2) is 0 Å². The molecule has 0 aliphatic carbocycles. The van der Waals surface area contributed by atoms with Gasteiger partial charge in [-0.25, -0.2) is 0 Å². The van der Waals surface area contributed by atoms with Crippen molar-refractivity contribution in [1.29, 1.82) is 0 Å². The van der Waals surface area contributed by atoms with Gasteiger partial charge in [0.2, 0.25) is 0 Å². The average Bonchev–Trinajstić information content (AvgIpc) is 2.40. The van der Waals surface area contributed by atoms with E-state index < -0.39 is 5.60 Å². The highest BCUT2D eigenvalue weighted by Crippen LogP contribution is 2.26. The maximum absolute atomic E-state index is 9.92. The lowest BCUT2D eigenvalue weighted by Gasteiger charge is -2.39. The Morgan fingerprint density at radius 2 is 1.90 bits per heavy atom. The molecule has 21 heavy (non-hydrogen) atoms. The molecule has 0 spiro atoms. The number of nitrogens with zero attached hydrogens (tertiary/aromatic N) is 2. The number of anilines is 1. The highest BCUT2D eigenvalue weighted by atomic mass is 35.5. The third-order valence-corrected chi connectivity index (χ3v) is 3.97. The van der Waals surface area contributed by atoms with Gasteiger partial charge in [0.1, 0.15) is 0 Å². The molecule has 0 bridgehead atoms. The average molecular weight is 312 g/mol. The van der Waals surface area contributed by atoms with Crippen LogP contribution in [0.4, 0.5) is 5.69 Å². The van der Waals surface area contributed by atoms with Crippen LogP contribution in [0.1, 0.15) is 19.4 Å². The number of benzene rings is 1. The van der Waals surface area contributed by atoms with E-state index in [1.165, 1.54) is 11.3 Å². The van der Waals surface area contributed by atoms with Crippen LogP contribution >= 0.6 is 11.6 Å². The first kappa shape index (κ1) is 16.6. The third-order valence-electron chi connectivity index (χ3n) is 3.74. The Morgan fingerprint density at radius 1 is 1.24 bits per heavy atom. The Balaban J connectivity index is 2.03. The van der Waals surface area contributed by atoms with Crippen molar-refractivity contribution >= 4 is 17.3 Å². The summed E-state index contributed by atoms with van der Waals surface area (Å²) in [5.74, 6) is 0. The molecule has 0 radical (unpaired) electrons. The van der Waals surface area contributed by atoms with Crippen LogP contribution in [0.2, 0.25) is 5.02 Å². The van der Waals surface area contributed by atoms with Crippen LogP contribution in [0.25, 0.3) is 0 Å². The lowest BCUT2D eigenvalue weighted by Crippen LogP contribution is -2.50. The fourth-order valence-corrected chi connectivity index (χ4v) is 3.03. The first-order valence-electron chi connectivity index (χ1n) is 7.52. The summed E-state index contributed by atoms with van der Waals surface area (Å²) in [7, 11) is 1.96. The van der Waals surface area contributed by atoms with E-state index in [1.807, 2.05) is 27.0 Å². The smallest absolute Gasteiger partial charge is 0.0718 e. The van der Waals surface area contributed by atoms with Crippen molar-refractivity contribution in [3.63, 3.8) is 0 Å². The number of piperazine rings is 1. The molecule has 2 rings (SSSR count). The molecule has 0 saturated carbocycles. The monoisotopic (exact) mass is 311 g/mol. The van der Waals surface area contributed by atoms with E-state index in [-0.39, 0.29) is 0 Å². The summed E-state index contributed by atoms with van der Waals surface area (Å²) < 4.78 is 0. The van der Waals surface area contributed by atoms with Crippen LogP contribution in [0.3, 0.4) is 0 Å². The second-order valence-corrected chi connectivity index (χ2v) is 6.82. The molecule has 1 fully saturated rings. The predicted octanol–water partition coefficient (Wildman–Crippen LogP) is 1.95. The van der Waals surface area contributed by atoms with E-state index in [4.69, 9.17) is 11.6 Å². The van der Waals surface area contributed by atoms with E-state index in [9.17, 15) is 5.11 Å². The fraction of sp³-hybridized carbons (Fsp3) is 0.625. The summed E-state index contributed by atoms with van der Waals surface area (Å²) in [4.78, 5) is 4.71. The van der Waals surface area contributed by atoms with E-state index in [0.29, 0.717) is 0 Å². The Labute approximate surface area is 132 Å². The summed E-state index contributed by atoms with van der Waals surface area (Å²) in [6, 6.07) is 6.10. The number of nitrogens with one attached hydrogen (secondary N) is 1. The molecular weight excluding hydrogens is 286 g/mol. The molecule has 1 aliphatic heterocycles. The maximum atomic E-state index is 9.92. The Kier molecular flexibility index (Phi) is 5.49. The second kappa shape index (κ2) is 6.97. The minimum Gasteiger partial charge on any atom is -0.389 e. The highest BCUT2D eigenvalue weighted by Gasteiger charge is 2.23. The minimum absolute atomic E-state index is 0.629. The van der Waals surface area contributed by atoms with Gasteiger partial charge in [0.05, 0.1) is 5.60 Å². The van der Waals surface area contributed by atoms with Gasteiger partial charge in [-0.1, -0.05) is 17.7 Å². The van der Waals surface area contributed by atoms with Crippen molar-refractivity contribution in [1.82, 2.24) is 10.2 Å². The predicted molar refractivity (Wildman–Crippen MR) is 89.2 cm³/mol. The molecule has 1 aromatic carbocycles. The zero-order chi connectivity index (χ0) is 15.5. The topological polar surface area (TPSA) is 38.7 Å². The summed E-state index contributed by atoms with van der Waals surface area (Å²) >= 11 is 6.16. The summed E-state index contributed by atoms with van der Waals surface area (Å²) in [6.45, 7) is 9.16. The Morgan fingerprint density at radius 3 is 2.48 bits per heavy atom. The SMILES string of the molecule is CNCc1ccc(Cl)cc1N1CCN(CC(C)(C)O)CC1. The van der Waals surface area contributed by atoms with Crippen LogP contribution < -0.4 is 10.2 Å². The van der Waals surface area contributed by atoms with Crippen LogP contribution in [0.5, 0.6) is 0 Å². The number of hydrogen-bond acceptors (Lipinski definition) is 4. The van der Waals surface area contributed by atoms with Crippen LogP contribution in [-0.4, -0.2) is 55.4 Å². The normalized spacial score (nSPS) is 17.3. The van der Waals surface area contributed by atoms with Gasteiger partial charge in [-0.05, 0) is 38.6 Å². The fourth-order valence-electron chi connectivity index (χ4n) is 2.87. The molecular formula is C16H26ClN3O. The van der Waals surface area contributed by atoms with E-state index in [2.05, 4.69) is 27.2 Å². The van der Waals surface area contributed by atoms with Gasteiger partial charge in [0, 0.05) is 50.0 Å². The standard InChI is InChI=1S/C16H26ClN3O/c1-16(2,21)12-19-6-8-20(9-7-19)15-10-14(17)5-4-13(15)11-18-3/h4-5,10,18,21H,6-9,11-12H2,1-3H3. The molecule has 1 heterocycles. The van der Waals surface area contributed by atoms with Gasteiger partial charge in [-0.2, -0.15) is 0 Å². The quantitative estimate of drug-likeness (QED) is 0.872. The van der Waals surface area contributed by atoms with Gasteiger partial charge in [-0.15, -0.1) is 0 Å². The van der Waals surface area contributed by atoms with Crippen molar-refractivity contribution < 1.29 is 5.11 Å². The molecule has 0 atom stereocenters. The van der Waals surface area contributed by atoms with E-state index >= 15 is 0 Å². The zero-order valence-corrected chi connectivity index (χ0v) is 14.0. The van der Waals surface area contributed by atoms with Gasteiger partial charge in [-0.3, -0.25) is 4.90 Å². The van der Waals surface area contributed by atoms with Gasteiger partial charge < -0.3 is 15.3 Å². The second-order valence-electron chi connectivity index (χ2n) is 6.38. The zero-order valence-electron chi connectivity index (χ0n) is 13.2. The van der Waals surface area contributed by atoms with E-state index in [1.54, 1.807) is 0 Å².